The molecule has 4 aliphatic carbocycles. The molecule has 4 saturated carbocycles. The maximum absolute atomic E-state index is 14.3. The van der Waals surface area contributed by atoms with Crippen LogP contribution in [0.3, 0.4) is 0 Å². The molecule has 10 rings (SSSR count). The Labute approximate surface area is 369 Å². The molecule has 1 aliphatic heterocycles. The van der Waals surface area contributed by atoms with Gasteiger partial charge in [0, 0.05) is 75.1 Å². The summed E-state index contributed by atoms with van der Waals surface area (Å²) in [4.78, 5) is 79.4. The zero-order valence-electron chi connectivity index (χ0n) is 36.5. The third kappa shape index (κ3) is 8.30. The van der Waals surface area contributed by atoms with E-state index in [1.165, 1.54) is 19.1 Å². The molecule has 0 radical (unpaired) electrons. The molecule has 5 fully saturated rings. The minimum Gasteiger partial charge on any atom is -0.368 e. The number of hydrogen-bond donors (Lipinski definition) is 4. The first-order valence-corrected chi connectivity index (χ1v) is 22.6. The van der Waals surface area contributed by atoms with Crippen LogP contribution >= 0.6 is 0 Å². The van der Waals surface area contributed by atoms with Crippen molar-refractivity contribution < 1.29 is 18.8 Å². The van der Waals surface area contributed by atoms with Crippen LogP contribution in [0.25, 0.3) is 11.0 Å². The van der Waals surface area contributed by atoms with Crippen LogP contribution in [-0.2, 0) is 11.8 Å². The number of nitrogens with one attached hydrogen (secondary N) is 4. The van der Waals surface area contributed by atoms with Crippen LogP contribution in [0, 0.1) is 18.3 Å². The molecule has 2 amide bonds. The van der Waals surface area contributed by atoms with Crippen molar-refractivity contribution in [1.29, 1.82) is 0 Å². The fourth-order valence-corrected chi connectivity index (χ4v) is 10.6. The highest BCUT2D eigenvalue weighted by atomic mass is 19.1. The van der Waals surface area contributed by atoms with Gasteiger partial charge in [0.1, 0.15) is 23.1 Å². The average molecular weight is 872 g/mol. The van der Waals surface area contributed by atoms with Gasteiger partial charge in [0.15, 0.2) is 11.6 Å². The lowest BCUT2D eigenvalue weighted by Crippen LogP contribution is -2.60. The average Bonchev–Trinajstić information content (AvgIpc) is 3.81. The van der Waals surface area contributed by atoms with Gasteiger partial charge in [-0.15, -0.1) is 0 Å². The van der Waals surface area contributed by atoms with E-state index in [9.17, 15) is 23.6 Å². The summed E-state index contributed by atoms with van der Waals surface area (Å²) >= 11 is 0. The van der Waals surface area contributed by atoms with Crippen LogP contribution in [0.1, 0.15) is 115 Å². The van der Waals surface area contributed by atoms with Gasteiger partial charge in [0.25, 0.3) is 11.5 Å². The number of amides is 2. The number of halogens is 1. The summed E-state index contributed by atoms with van der Waals surface area (Å²) in [5.74, 6) is 1.73. The van der Waals surface area contributed by atoms with Crippen LogP contribution in [0.5, 0.6) is 0 Å². The minimum absolute atomic E-state index is 0.00372. The number of piperazine rings is 1. The first-order valence-electron chi connectivity index (χ1n) is 22.6. The number of carbonyl (C=O) groups excluding carboxylic acids is 3. The van der Waals surface area contributed by atoms with Crippen molar-refractivity contribution in [2.24, 2.45) is 12.5 Å². The van der Waals surface area contributed by atoms with Crippen LogP contribution in [0.15, 0.2) is 47.7 Å². The van der Waals surface area contributed by atoms with E-state index in [1.807, 2.05) is 29.9 Å². The molecule has 0 atom stereocenters. The highest BCUT2D eigenvalue weighted by Crippen LogP contribution is 2.56. The summed E-state index contributed by atoms with van der Waals surface area (Å²) in [5.41, 5.74) is 2.43. The Morgan fingerprint density at radius 3 is 2.33 bits per heavy atom. The summed E-state index contributed by atoms with van der Waals surface area (Å²) in [5, 5.41) is 13.3. The van der Waals surface area contributed by atoms with E-state index in [0.29, 0.717) is 46.6 Å². The normalized spacial score (nSPS) is 22.3. The molecule has 4 N–H and O–H groups in total. The molecule has 1 saturated heterocycles. The number of ketones is 1. The molecule has 1 spiro atoms. The van der Waals surface area contributed by atoms with Crippen molar-refractivity contribution in [3.05, 3.63) is 81.7 Å². The molecule has 17 nitrogen and oxygen atoms in total. The molecule has 334 valence electrons. The van der Waals surface area contributed by atoms with Crippen molar-refractivity contribution >= 4 is 57.7 Å². The number of imidazole rings is 1. The second kappa shape index (κ2) is 16.7. The number of hydrogen-bond acceptors (Lipinski definition) is 13. The quantitative estimate of drug-likeness (QED) is 0.0842. The van der Waals surface area contributed by atoms with Crippen LogP contribution in [0.2, 0.25) is 0 Å². The van der Waals surface area contributed by atoms with Crippen molar-refractivity contribution in [1.82, 2.24) is 44.3 Å². The first kappa shape index (κ1) is 41.7. The van der Waals surface area contributed by atoms with Crippen molar-refractivity contribution in [2.75, 3.05) is 53.6 Å². The lowest BCUT2D eigenvalue weighted by atomic mass is 9.52. The van der Waals surface area contributed by atoms with E-state index in [-0.39, 0.29) is 63.6 Å². The Balaban J connectivity index is 0.672. The summed E-state index contributed by atoms with van der Waals surface area (Å²) < 4.78 is 17.9. The lowest BCUT2D eigenvalue weighted by molar-refractivity contribution is -0.125. The van der Waals surface area contributed by atoms with E-state index in [2.05, 4.69) is 51.0 Å². The predicted molar refractivity (Wildman–Crippen MR) is 240 cm³/mol. The van der Waals surface area contributed by atoms with E-state index in [4.69, 9.17) is 4.98 Å². The Bertz CT molecular complexity index is 2690. The molecule has 0 aromatic carbocycles. The maximum Gasteiger partial charge on any atom is 0.263 e. The molecule has 5 aromatic heterocycles. The third-order valence-electron chi connectivity index (χ3n) is 14.0. The largest absolute Gasteiger partial charge is 0.368 e. The van der Waals surface area contributed by atoms with E-state index in [1.54, 1.807) is 23.9 Å². The molecule has 6 heterocycles. The number of aryl methyl sites for hydroxylation is 2. The second-order valence-electron chi connectivity index (χ2n) is 18.7. The predicted octanol–water partition coefficient (Wildman–Crippen LogP) is 5.62. The molecule has 0 bridgehead atoms. The number of carbonyl (C=O) groups is 3. The molecule has 64 heavy (non-hydrogen) atoms. The van der Waals surface area contributed by atoms with Crippen molar-refractivity contribution in [2.45, 2.75) is 102 Å². The van der Waals surface area contributed by atoms with Gasteiger partial charge in [-0.1, -0.05) is 12.8 Å². The second-order valence-corrected chi connectivity index (χ2v) is 18.7. The number of pyridine rings is 3. The molecule has 5 aromatic rings. The molecule has 18 heteroatoms. The first-order chi connectivity index (χ1) is 30.9. The van der Waals surface area contributed by atoms with Gasteiger partial charge in [-0.25, -0.2) is 19.9 Å². The highest BCUT2D eigenvalue weighted by Gasteiger charge is 2.53. The number of anilines is 5. The Hall–Kier alpha value is -6.30. The van der Waals surface area contributed by atoms with Gasteiger partial charge in [-0.05, 0) is 100 Å². The summed E-state index contributed by atoms with van der Waals surface area (Å²) in [6.45, 7) is 6.55. The van der Waals surface area contributed by atoms with Gasteiger partial charge in [-0.2, -0.15) is 9.37 Å². The molecule has 0 unspecified atom stereocenters. The molecular formula is C46H54FN13O4. The van der Waals surface area contributed by atoms with Gasteiger partial charge in [0.05, 0.1) is 29.6 Å². The van der Waals surface area contributed by atoms with Crippen LogP contribution in [-0.4, -0.2) is 101 Å². The number of nitrogens with zero attached hydrogens (tertiary/aromatic N) is 9. The minimum atomic E-state index is -0.653. The smallest absolute Gasteiger partial charge is 0.263 e. The summed E-state index contributed by atoms with van der Waals surface area (Å²) in [7, 11) is 1.92. The van der Waals surface area contributed by atoms with E-state index >= 15 is 0 Å². The lowest BCUT2D eigenvalue weighted by Gasteiger charge is -2.58. The van der Waals surface area contributed by atoms with Crippen molar-refractivity contribution in [3.63, 3.8) is 0 Å². The maximum atomic E-state index is 14.3. The topological polar surface area (TPSA) is 197 Å². The summed E-state index contributed by atoms with van der Waals surface area (Å²) in [6.07, 6.45) is 14.8. The number of Topliss-reactive ketones (excluding diaryl/α,β-unsaturated/α-hetero) is 1. The Morgan fingerprint density at radius 1 is 0.875 bits per heavy atom. The van der Waals surface area contributed by atoms with Gasteiger partial charge < -0.3 is 30.7 Å². The van der Waals surface area contributed by atoms with Gasteiger partial charge in [-0.3, -0.25) is 28.6 Å². The number of aromatic nitrogens is 7. The monoisotopic (exact) mass is 871 g/mol. The Morgan fingerprint density at radius 2 is 1.62 bits per heavy atom. The summed E-state index contributed by atoms with van der Waals surface area (Å²) in [6, 6.07) is 6.71. The van der Waals surface area contributed by atoms with Crippen molar-refractivity contribution in [3.8, 4) is 0 Å². The third-order valence-corrected chi connectivity index (χ3v) is 14.0. The zero-order chi connectivity index (χ0) is 44.3. The fourth-order valence-electron chi connectivity index (χ4n) is 10.6. The van der Waals surface area contributed by atoms with Crippen LogP contribution < -0.4 is 31.7 Å². The highest BCUT2D eigenvalue weighted by molar-refractivity contribution is 6.07. The Kier molecular flexibility index (Phi) is 10.9. The molecule has 5 aliphatic rings. The van der Waals surface area contributed by atoms with Crippen LogP contribution in [0.4, 0.5) is 33.5 Å². The molecular weight excluding hydrogens is 818 g/mol. The van der Waals surface area contributed by atoms with Gasteiger partial charge in [0.2, 0.25) is 17.8 Å². The fraction of sp³-hybridized carbons (Fsp3) is 0.500. The zero-order valence-corrected chi connectivity index (χ0v) is 36.5. The SMILES string of the molecule is CC(=O)c1c(C)c2cnc(Nc3ccc(N4CCN(CC(=O)NC5CC6(C5)CC(Nc5nc(F)ccc5C(=O)Nc5cn(C)c(C7CC7)n5)C6)CC4)cn3)nc2n(C2CCCC2)c1=O. The number of rotatable bonds is 13. The van der Waals surface area contributed by atoms with Gasteiger partial charge >= 0.3 is 0 Å². The van der Waals surface area contributed by atoms with E-state index in [0.717, 1.165) is 102 Å². The standard InChI is InChI=1S/C46H54FN13O4/c1-26-34-23-49-45(56-42(34)60(31-6-4-5-7-31)44(64)39(26)27(2)61)55-36-13-10-32(22-48-36)59-16-14-58(15-17-59)25-38(62)50-29-18-46(19-29)20-30(21-46)51-40-33(11-12-35(47)52-40)43(63)54-37-24-57(3)41(53-37)28-8-9-28/h10-13,22-24,28-31H,4-9,14-21,25H2,1-3H3,(H,50,62)(H,51,52)(H,54,63)(H,48,49,55,56). The van der Waals surface area contributed by atoms with E-state index < -0.39 is 5.95 Å². The number of fused-ring (bicyclic) bond motifs is 1.